The van der Waals surface area contributed by atoms with Gasteiger partial charge in [-0.25, -0.2) is 4.98 Å². The summed E-state index contributed by atoms with van der Waals surface area (Å²) in [6.45, 7) is 7.76. The van der Waals surface area contributed by atoms with Gasteiger partial charge in [-0.1, -0.05) is 6.07 Å². The first-order valence-corrected chi connectivity index (χ1v) is 11.3. The predicted octanol–water partition coefficient (Wildman–Crippen LogP) is 4.87. The first-order chi connectivity index (χ1) is 15.0. The highest BCUT2D eigenvalue weighted by atomic mass is 32.1. The lowest BCUT2D eigenvalue weighted by molar-refractivity contribution is -0.115. The second-order valence-corrected chi connectivity index (χ2v) is 7.74. The minimum Gasteiger partial charge on any atom is -0.494 e. The second kappa shape index (κ2) is 10.7. The second-order valence-electron chi connectivity index (χ2n) is 6.88. The molecule has 1 heterocycles. The first-order valence-electron chi connectivity index (χ1n) is 10.4. The molecule has 31 heavy (non-hydrogen) atoms. The fourth-order valence-electron chi connectivity index (χ4n) is 3.17. The van der Waals surface area contributed by atoms with E-state index >= 15 is 0 Å². The fourth-order valence-corrected chi connectivity index (χ4v) is 4.00. The van der Waals surface area contributed by atoms with Crippen molar-refractivity contribution in [3.05, 3.63) is 65.2 Å². The van der Waals surface area contributed by atoms with E-state index in [1.165, 1.54) is 11.3 Å². The van der Waals surface area contributed by atoms with Crippen molar-refractivity contribution in [2.75, 3.05) is 25.0 Å². The molecular formula is C24H27N3O3S. The van der Waals surface area contributed by atoms with Crippen LogP contribution in [-0.2, 0) is 11.2 Å². The number of benzene rings is 2. The minimum absolute atomic E-state index is 0.0411. The lowest BCUT2D eigenvalue weighted by Gasteiger charge is -2.19. The Morgan fingerprint density at radius 3 is 2.48 bits per heavy atom. The quantitative estimate of drug-likeness (QED) is 0.518. The van der Waals surface area contributed by atoms with Crippen molar-refractivity contribution in [2.24, 2.45) is 0 Å². The number of nitrogens with zero attached hydrogens (tertiary/aromatic N) is 2. The number of rotatable bonds is 9. The van der Waals surface area contributed by atoms with Crippen LogP contribution in [0.1, 0.15) is 36.8 Å². The molecule has 7 heteroatoms. The standard InChI is InChI=1S/C24H27N3O3S/c1-4-27(5-2)24(29)18-8-7-9-19(14-18)25-22(28)15-20-16-31-23(26-20)17-10-12-21(13-11-17)30-6-3/h7-14,16H,4-6,15H2,1-3H3,(H,25,28). The third-order valence-corrected chi connectivity index (χ3v) is 5.69. The van der Waals surface area contributed by atoms with Gasteiger partial charge < -0.3 is 15.0 Å². The van der Waals surface area contributed by atoms with E-state index in [1.54, 1.807) is 29.2 Å². The van der Waals surface area contributed by atoms with Gasteiger partial charge in [-0.2, -0.15) is 0 Å². The zero-order valence-electron chi connectivity index (χ0n) is 18.1. The number of hydrogen-bond acceptors (Lipinski definition) is 5. The third kappa shape index (κ3) is 5.92. The molecule has 162 valence electrons. The molecule has 0 fully saturated rings. The topological polar surface area (TPSA) is 71.5 Å². The Bertz CT molecular complexity index is 1030. The van der Waals surface area contributed by atoms with Crippen LogP contribution in [-0.4, -0.2) is 41.4 Å². The molecule has 2 aromatic carbocycles. The molecule has 1 N–H and O–H groups in total. The molecule has 0 aliphatic heterocycles. The van der Waals surface area contributed by atoms with Crippen LogP contribution in [0.15, 0.2) is 53.9 Å². The van der Waals surface area contributed by atoms with Crippen LogP contribution in [0, 0.1) is 0 Å². The summed E-state index contributed by atoms with van der Waals surface area (Å²) in [7, 11) is 0. The van der Waals surface area contributed by atoms with Gasteiger partial charge in [0.1, 0.15) is 10.8 Å². The normalized spacial score (nSPS) is 10.5. The summed E-state index contributed by atoms with van der Waals surface area (Å²) in [5.41, 5.74) is 2.86. The maximum atomic E-state index is 12.5. The molecule has 2 amide bonds. The summed E-state index contributed by atoms with van der Waals surface area (Å²) in [5.74, 6) is 0.612. The summed E-state index contributed by atoms with van der Waals surface area (Å²) in [4.78, 5) is 31.4. The van der Waals surface area contributed by atoms with Gasteiger partial charge in [-0.05, 0) is 63.2 Å². The number of anilines is 1. The highest BCUT2D eigenvalue weighted by Crippen LogP contribution is 2.26. The Balaban J connectivity index is 1.63. The molecule has 1 aromatic heterocycles. The van der Waals surface area contributed by atoms with Crippen LogP contribution in [0.4, 0.5) is 5.69 Å². The maximum Gasteiger partial charge on any atom is 0.253 e. The third-order valence-electron chi connectivity index (χ3n) is 4.75. The number of aromatic nitrogens is 1. The van der Waals surface area contributed by atoms with Gasteiger partial charge in [0.25, 0.3) is 5.91 Å². The van der Waals surface area contributed by atoms with E-state index in [0.717, 1.165) is 16.3 Å². The number of amides is 2. The van der Waals surface area contributed by atoms with Gasteiger partial charge >= 0.3 is 0 Å². The molecular weight excluding hydrogens is 410 g/mol. The Kier molecular flexibility index (Phi) is 7.78. The lowest BCUT2D eigenvalue weighted by atomic mass is 10.1. The monoisotopic (exact) mass is 437 g/mol. The molecule has 0 radical (unpaired) electrons. The van der Waals surface area contributed by atoms with Gasteiger partial charge in [-0.3, -0.25) is 9.59 Å². The SMILES string of the molecule is CCOc1ccc(-c2nc(CC(=O)Nc3cccc(C(=O)N(CC)CC)c3)cs2)cc1. The highest BCUT2D eigenvalue weighted by molar-refractivity contribution is 7.13. The zero-order valence-corrected chi connectivity index (χ0v) is 18.9. The van der Waals surface area contributed by atoms with Gasteiger partial charge in [0.05, 0.1) is 18.7 Å². The molecule has 0 saturated carbocycles. The minimum atomic E-state index is -0.170. The van der Waals surface area contributed by atoms with E-state index in [1.807, 2.05) is 50.4 Å². The molecule has 6 nitrogen and oxygen atoms in total. The predicted molar refractivity (Wildman–Crippen MR) is 125 cm³/mol. The molecule has 0 atom stereocenters. The van der Waals surface area contributed by atoms with E-state index in [2.05, 4.69) is 10.3 Å². The van der Waals surface area contributed by atoms with Crippen LogP contribution in [0.3, 0.4) is 0 Å². The maximum absolute atomic E-state index is 12.5. The summed E-state index contributed by atoms with van der Waals surface area (Å²) >= 11 is 1.50. The number of carbonyl (C=O) groups is 2. The van der Waals surface area contributed by atoms with E-state index < -0.39 is 0 Å². The molecule has 0 aliphatic carbocycles. The molecule has 0 bridgehead atoms. The number of ether oxygens (including phenoxy) is 1. The van der Waals surface area contributed by atoms with Gasteiger partial charge in [0.2, 0.25) is 5.91 Å². The van der Waals surface area contributed by atoms with Crippen LogP contribution >= 0.6 is 11.3 Å². The Hall–Kier alpha value is -3.19. The lowest BCUT2D eigenvalue weighted by Crippen LogP contribution is -2.30. The van der Waals surface area contributed by atoms with Crippen molar-refractivity contribution in [2.45, 2.75) is 27.2 Å². The van der Waals surface area contributed by atoms with Gasteiger partial charge in [0.15, 0.2) is 0 Å². The fraction of sp³-hybridized carbons (Fsp3) is 0.292. The van der Waals surface area contributed by atoms with E-state index in [-0.39, 0.29) is 18.2 Å². The van der Waals surface area contributed by atoms with Crippen molar-refractivity contribution in [1.29, 1.82) is 0 Å². The summed E-state index contributed by atoms with van der Waals surface area (Å²) in [5, 5.41) is 5.62. The molecule has 3 aromatic rings. The number of carbonyl (C=O) groups excluding carboxylic acids is 2. The Morgan fingerprint density at radius 2 is 1.81 bits per heavy atom. The summed E-state index contributed by atoms with van der Waals surface area (Å²) in [6, 6.07) is 14.8. The van der Waals surface area contributed by atoms with Crippen molar-refractivity contribution >= 4 is 28.8 Å². The molecule has 0 unspecified atom stereocenters. The van der Waals surface area contributed by atoms with E-state index in [0.29, 0.717) is 36.6 Å². The van der Waals surface area contributed by atoms with Crippen LogP contribution in [0.2, 0.25) is 0 Å². The smallest absolute Gasteiger partial charge is 0.253 e. The van der Waals surface area contributed by atoms with Crippen molar-refractivity contribution in [3.8, 4) is 16.3 Å². The highest BCUT2D eigenvalue weighted by Gasteiger charge is 2.14. The number of hydrogen-bond donors (Lipinski definition) is 1. The average Bonchev–Trinajstić information content (AvgIpc) is 3.23. The van der Waals surface area contributed by atoms with Crippen molar-refractivity contribution < 1.29 is 14.3 Å². The van der Waals surface area contributed by atoms with Crippen LogP contribution in [0.25, 0.3) is 10.6 Å². The first kappa shape index (κ1) is 22.5. The Morgan fingerprint density at radius 1 is 1.06 bits per heavy atom. The summed E-state index contributed by atoms with van der Waals surface area (Å²) < 4.78 is 5.47. The van der Waals surface area contributed by atoms with Gasteiger partial charge in [0, 0.05) is 35.3 Å². The Labute approximate surface area is 186 Å². The largest absolute Gasteiger partial charge is 0.494 e. The number of nitrogens with one attached hydrogen (secondary N) is 1. The molecule has 0 saturated heterocycles. The van der Waals surface area contributed by atoms with Crippen LogP contribution < -0.4 is 10.1 Å². The average molecular weight is 438 g/mol. The zero-order chi connectivity index (χ0) is 22.2. The number of thiazole rings is 1. The molecule has 0 spiro atoms. The molecule has 0 aliphatic rings. The van der Waals surface area contributed by atoms with Crippen LogP contribution in [0.5, 0.6) is 5.75 Å². The summed E-state index contributed by atoms with van der Waals surface area (Å²) in [6.07, 6.45) is 0.168. The molecule has 3 rings (SSSR count). The van der Waals surface area contributed by atoms with Crippen molar-refractivity contribution in [3.63, 3.8) is 0 Å². The van der Waals surface area contributed by atoms with E-state index in [9.17, 15) is 9.59 Å². The van der Waals surface area contributed by atoms with E-state index in [4.69, 9.17) is 4.74 Å². The van der Waals surface area contributed by atoms with Crippen molar-refractivity contribution in [1.82, 2.24) is 9.88 Å². The van der Waals surface area contributed by atoms with Gasteiger partial charge in [-0.15, -0.1) is 11.3 Å².